The van der Waals surface area contributed by atoms with Gasteiger partial charge in [-0.15, -0.1) is 0 Å². The van der Waals surface area contributed by atoms with Crippen LogP contribution >= 0.6 is 0 Å². The largest absolute Gasteiger partial charge is 0.497 e. The summed E-state index contributed by atoms with van der Waals surface area (Å²) in [6.07, 6.45) is 0. The number of aromatic nitrogens is 2. The zero-order valence-electron chi connectivity index (χ0n) is 9.33. The molecule has 0 atom stereocenters. The van der Waals surface area contributed by atoms with Crippen LogP contribution in [0.25, 0.3) is 11.3 Å². The SMILES string of the molecule is COc1ccc(-c2ccc(=O)n(CO)n2)cc1. The van der Waals surface area contributed by atoms with Crippen LogP contribution in [0.5, 0.6) is 5.75 Å². The van der Waals surface area contributed by atoms with E-state index in [1.165, 1.54) is 6.07 Å². The number of aliphatic hydroxyl groups excluding tert-OH is 1. The van der Waals surface area contributed by atoms with Crippen molar-refractivity contribution >= 4 is 0 Å². The van der Waals surface area contributed by atoms with Gasteiger partial charge in [0.1, 0.15) is 12.5 Å². The predicted octanol–water partition coefficient (Wildman–Crippen LogP) is 0.869. The summed E-state index contributed by atoms with van der Waals surface area (Å²) < 4.78 is 6.05. The molecule has 0 fully saturated rings. The van der Waals surface area contributed by atoms with Crippen LogP contribution in [-0.2, 0) is 6.73 Å². The number of nitrogens with zero attached hydrogens (tertiary/aromatic N) is 2. The van der Waals surface area contributed by atoms with Crippen molar-refractivity contribution in [3.63, 3.8) is 0 Å². The lowest BCUT2D eigenvalue weighted by molar-refractivity contribution is 0.189. The Kier molecular flexibility index (Phi) is 3.20. The van der Waals surface area contributed by atoms with Crippen LogP contribution in [-0.4, -0.2) is 22.0 Å². The van der Waals surface area contributed by atoms with Gasteiger partial charge in [-0.2, -0.15) is 5.10 Å². The van der Waals surface area contributed by atoms with Gasteiger partial charge in [-0.25, -0.2) is 4.68 Å². The number of benzene rings is 1. The lowest BCUT2D eigenvalue weighted by atomic mass is 10.1. The Labute approximate surface area is 97.9 Å². The molecule has 0 saturated carbocycles. The molecule has 1 N–H and O–H groups in total. The lowest BCUT2D eigenvalue weighted by Gasteiger charge is -2.05. The fourth-order valence-corrected chi connectivity index (χ4v) is 1.47. The van der Waals surface area contributed by atoms with Crippen LogP contribution in [0.1, 0.15) is 0 Å². The summed E-state index contributed by atoms with van der Waals surface area (Å²) in [5.41, 5.74) is 1.15. The van der Waals surface area contributed by atoms with Gasteiger partial charge >= 0.3 is 0 Å². The molecular formula is C12H12N2O3. The summed E-state index contributed by atoms with van der Waals surface area (Å²) >= 11 is 0. The van der Waals surface area contributed by atoms with Crippen molar-refractivity contribution in [2.45, 2.75) is 6.73 Å². The van der Waals surface area contributed by atoms with Gasteiger partial charge in [0, 0.05) is 11.6 Å². The number of methoxy groups -OCH3 is 1. The zero-order valence-corrected chi connectivity index (χ0v) is 9.33. The molecule has 17 heavy (non-hydrogen) atoms. The smallest absolute Gasteiger partial charge is 0.268 e. The van der Waals surface area contributed by atoms with Gasteiger partial charge in [0.2, 0.25) is 0 Å². The highest BCUT2D eigenvalue weighted by atomic mass is 16.5. The highest BCUT2D eigenvalue weighted by Crippen LogP contribution is 2.19. The standard InChI is InChI=1S/C12H12N2O3/c1-17-10-4-2-9(3-5-10)11-6-7-12(16)14(8-15)13-11/h2-7,15H,8H2,1H3. The van der Waals surface area contributed by atoms with Gasteiger partial charge in [-0.05, 0) is 30.3 Å². The molecule has 0 aliphatic rings. The Morgan fingerprint density at radius 1 is 1.24 bits per heavy atom. The van der Waals surface area contributed by atoms with Crippen LogP contribution in [0.4, 0.5) is 0 Å². The first-order valence-corrected chi connectivity index (χ1v) is 5.08. The maximum Gasteiger partial charge on any atom is 0.268 e. The Morgan fingerprint density at radius 2 is 1.94 bits per heavy atom. The molecule has 2 aromatic rings. The van der Waals surface area contributed by atoms with Gasteiger partial charge < -0.3 is 9.84 Å². The fraction of sp³-hybridized carbons (Fsp3) is 0.167. The third-order valence-corrected chi connectivity index (χ3v) is 2.39. The van der Waals surface area contributed by atoms with E-state index in [-0.39, 0.29) is 5.56 Å². The Hall–Kier alpha value is -2.14. The number of ether oxygens (including phenoxy) is 1. The van der Waals surface area contributed by atoms with Crippen LogP contribution in [0.3, 0.4) is 0 Å². The summed E-state index contributed by atoms with van der Waals surface area (Å²) in [6.45, 7) is -0.428. The summed E-state index contributed by atoms with van der Waals surface area (Å²) in [5, 5.41) is 13.0. The molecule has 1 aromatic carbocycles. The second-order valence-electron chi connectivity index (χ2n) is 3.43. The Balaban J connectivity index is 2.42. The Bertz CT molecular complexity index is 561. The Morgan fingerprint density at radius 3 is 2.53 bits per heavy atom. The van der Waals surface area contributed by atoms with Crippen molar-refractivity contribution in [3.8, 4) is 17.0 Å². The van der Waals surface area contributed by atoms with Gasteiger partial charge in [0.25, 0.3) is 5.56 Å². The summed E-state index contributed by atoms with van der Waals surface area (Å²) in [7, 11) is 1.60. The molecule has 0 spiro atoms. The lowest BCUT2D eigenvalue weighted by Crippen LogP contribution is -2.21. The van der Waals surface area contributed by atoms with E-state index >= 15 is 0 Å². The summed E-state index contributed by atoms with van der Waals surface area (Å²) in [6, 6.07) is 10.3. The molecule has 1 heterocycles. The minimum Gasteiger partial charge on any atom is -0.497 e. The monoisotopic (exact) mass is 232 g/mol. The van der Waals surface area contributed by atoms with E-state index in [0.717, 1.165) is 16.0 Å². The molecule has 5 nitrogen and oxygen atoms in total. The molecule has 2 rings (SSSR count). The maximum atomic E-state index is 11.3. The quantitative estimate of drug-likeness (QED) is 0.852. The molecule has 0 unspecified atom stereocenters. The topological polar surface area (TPSA) is 64.3 Å². The highest BCUT2D eigenvalue weighted by molar-refractivity contribution is 5.59. The van der Waals surface area contributed by atoms with Gasteiger partial charge in [0.15, 0.2) is 0 Å². The van der Waals surface area contributed by atoms with Crippen molar-refractivity contribution in [1.82, 2.24) is 9.78 Å². The van der Waals surface area contributed by atoms with Crippen molar-refractivity contribution in [1.29, 1.82) is 0 Å². The van der Waals surface area contributed by atoms with E-state index < -0.39 is 6.73 Å². The van der Waals surface area contributed by atoms with Crippen LogP contribution in [0, 0.1) is 0 Å². The minimum atomic E-state index is -0.428. The fourth-order valence-electron chi connectivity index (χ4n) is 1.47. The predicted molar refractivity (Wildman–Crippen MR) is 62.7 cm³/mol. The normalized spacial score (nSPS) is 10.2. The highest BCUT2D eigenvalue weighted by Gasteiger charge is 2.02. The maximum absolute atomic E-state index is 11.3. The molecular weight excluding hydrogens is 220 g/mol. The first-order chi connectivity index (χ1) is 8.24. The molecule has 0 saturated heterocycles. The molecule has 0 bridgehead atoms. The molecule has 0 aliphatic carbocycles. The van der Waals surface area contributed by atoms with Crippen molar-refractivity contribution in [2.75, 3.05) is 7.11 Å². The minimum absolute atomic E-state index is 0.329. The van der Waals surface area contributed by atoms with E-state index in [9.17, 15) is 4.79 Å². The van der Waals surface area contributed by atoms with Gasteiger partial charge in [0.05, 0.1) is 12.8 Å². The molecule has 5 heteroatoms. The van der Waals surface area contributed by atoms with Crippen molar-refractivity contribution in [3.05, 3.63) is 46.8 Å². The van der Waals surface area contributed by atoms with Crippen LogP contribution in [0.2, 0.25) is 0 Å². The number of rotatable bonds is 3. The molecule has 0 aliphatic heterocycles. The summed E-state index contributed by atoms with van der Waals surface area (Å²) in [4.78, 5) is 11.3. The van der Waals surface area contributed by atoms with Crippen molar-refractivity contribution in [2.24, 2.45) is 0 Å². The van der Waals surface area contributed by atoms with Gasteiger partial charge in [-0.1, -0.05) is 0 Å². The second-order valence-corrected chi connectivity index (χ2v) is 3.43. The van der Waals surface area contributed by atoms with E-state index in [2.05, 4.69) is 5.10 Å². The van der Waals surface area contributed by atoms with E-state index in [1.54, 1.807) is 13.2 Å². The first-order valence-electron chi connectivity index (χ1n) is 5.08. The molecule has 0 amide bonds. The van der Waals surface area contributed by atoms with E-state index in [4.69, 9.17) is 9.84 Å². The van der Waals surface area contributed by atoms with E-state index in [1.807, 2.05) is 24.3 Å². The van der Waals surface area contributed by atoms with Gasteiger partial charge in [-0.3, -0.25) is 4.79 Å². The zero-order chi connectivity index (χ0) is 12.3. The average molecular weight is 232 g/mol. The van der Waals surface area contributed by atoms with Crippen LogP contribution < -0.4 is 10.3 Å². The first kappa shape index (κ1) is 11.3. The summed E-state index contributed by atoms with van der Waals surface area (Å²) in [5.74, 6) is 0.754. The van der Waals surface area contributed by atoms with Crippen LogP contribution in [0.15, 0.2) is 41.2 Å². The third-order valence-electron chi connectivity index (χ3n) is 2.39. The molecule has 88 valence electrons. The van der Waals surface area contributed by atoms with Crippen molar-refractivity contribution < 1.29 is 9.84 Å². The average Bonchev–Trinajstić information content (AvgIpc) is 2.39. The van der Waals surface area contributed by atoms with E-state index in [0.29, 0.717) is 5.69 Å². The second kappa shape index (κ2) is 4.80. The number of aliphatic hydroxyl groups is 1. The number of hydrogen-bond donors (Lipinski definition) is 1. The third kappa shape index (κ3) is 2.34. The molecule has 1 aromatic heterocycles. The number of hydrogen-bond acceptors (Lipinski definition) is 4. The molecule has 0 radical (unpaired) electrons.